The van der Waals surface area contributed by atoms with E-state index in [0.29, 0.717) is 32.2 Å². The summed E-state index contributed by atoms with van der Waals surface area (Å²) in [7, 11) is 0. The Bertz CT molecular complexity index is 305. The van der Waals surface area contributed by atoms with Crippen molar-refractivity contribution >= 4 is 5.82 Å². The number of ether oxygens (including phenoxy) is 2. The Morgan fingerprint density at radius 2 is 2.50 bits per heavy atom. The van der Waals surface area contributed by atoms with Crippen molar-refractivity contribution in [3.8, 4) is 0 Å². The van der Waals surface area contributed by atoms with Crippen molar-refractivity contribution in [2.24, 2.45) is 0 Å². The van der Waals surface area contributed by atoms with Gasteiger partial charge in [0.05, 0.1) is 32.1 Å². The summed E-state index contributed by atoms with van der Waals surface area (Å²) >= 11 is 0. The summed E-state index contributed by atoms with van der Waals surface area (Å²) in [5.74, 6) is 0.677. The fourth-order valence-electron chi connectivity index (χ4n) is 1.55. The van der Waals surface area contributed by atoms with E-state index >= 15 is 0 Å². The molecular weight excluding hydrogens is 182 g/mol. The van der Waals surface area contributed by atoms with Crippen molar-refractivity contribution < 1.29 is 9.47 Å². The number of nitrogen functional groups attached to an aromatic ring is 1. The second-order valence-corrected chi connectivity index (χ2v) is 3.46. The zero-order valence-electron chi connectivity index (χ0n) is 8.27. The number of aryl methyl sites for hydroxylation is 1. The minimum atomic E-state index is 0.0744. The monoisotopic (exact) mass is 197 g/mol. The van der Waals surface area contributed by atoms with Gasteiger partial charge in [0.15, 0.2) is 0 Å². The van der Waals surface area contributed by atoms with Crippen LogP contribution in [0, 0.1) is 6.92 Å². The van der Waals surface area contributed by atoms with Crippen LogP contribution in [0.1, 0.15) is 5.69 Å². The van der Waals surface area contributed by atoms with E-state index in [2.05, 4.69) is 5.10 Å². The molecule has 78 valence electrons. The van der Waals surface area contributed by atoms with E-state index in [0.717, 1.165) is 5.69 Å². The molecule has 0 spiro atoms. The Morgan fingerprint density at radius 1 is 1.64 bits per heavy atom. The zero-order chi connectivity index (χ0) is 9.97. The van der Waals surface area contributed by atoms with Crippen molar-refractivity contribution in [2.45, 2.75) is 19.6 Å². The molecular formula is C9H15N3O2. The minimum absolute atomic E-state index is 0.0744. The molecule has 5 heteroatoms. The molecule has 1 unspecified atom stereocenters. The SMILES string of the molecule is Cc1cc(N)n(CC2COCCO2)n1. The number of nitrogens with zero attached hydrogens (tertiary/aromatic N) is 2. The van der Waals surface area contributed by atoms with E-state index < -0.39 is 0 Å². The average Bonchev–Trinajstić information content (AvgIpc) is 2.47. The van der Waals surface area contributed by atoms with Crippen LogP contribution in [0.4, 0.5) is 5.82 Å². The van der Waals surface area contributed by atoms with Crippen LogP contribution in [-0.2, 0) is 16.0 Å². The molecule has 0 bridgehead atoms. The summed E-state index contributed by atoms with van der Waals surface area (Å²) < 4.78 is 12.6. The lowest BCUT2D eigenvalue weighted by Crippen LogP contribution is -2.32. The lowest BCUT2D eigenvalue weighted by molar-refractivity contribution is -0.0944. The topological polar surface area (TPSA) is 62.3 Å². The molecule has 1 aromatic rings. The predicted molar refractivity (Wildman–Crippen MR) is 51.9 cm³/mol. The van der Waals surface area contributed by atoms with Gasteiger partial charge < -0.3 is 15.2 Å². The standard InChI is InChI=1S/C9H15N3O2/c1-7-4-9(10)12(11-7)5-8-6-13-2-3-14-8/h4,8H,2-3,5-6,10H2,1H3. The Morgan fingerprint density at radius 3 is 3.07 bits per heavy atom. The Hall–Kier alpha value is -1.07. The van der Waals surface area contributed by atoms with Crippen LogP contribution in [0.25, 0.3) is 0 Å². The highest BCUT2D eigenvalue weighted by Crippen LogP contribution is 2.09. The molecule has 0 aromatic carbocycles. The maximum Gasteiger partial charge on any atom is 0.122 e. The largest absolute Gasteiger partial charge is 0.384 e. The third-order valence-electron chi connectivity index (χ3n) is 2.19. The molecule has 1 saturated heterocycles. The van der Waals surface area contributed by atoms with Gasteiger partial charge in [0.25, 0.3) is 0 Å². The van der Waals surface area contributed by atoms with E-state index in [9.17, 15) is 0 Å². The molecule has 0 radical (unpaired) electrons. The average molecular weight is 197 g/mol. The fourth-order valence-corrected chi connectivity index (χ4v) is 1.55. The molecule has 14 heavy (non-hydrogen) atoms. The van der Waals surface area contributed by atoms with Gasteiger partial charge in [-0.1, -0.05) is 0 Å². The van der Waals surface area contributed by atoms with Crippen molar-refractivity contribution in [3.63, 3.8) is 0 Å². The maximum absolute atomic E-state index is 5.76. The highest BCUT2D eigenvalue weighted by Gasteiger charge is 2.16. The number of aromatic nitrogens is 2. The fraction of sp³-hybridized carbons (Fsp3) is 0.667. The Kier molecular flexibility index (Phi) is 2.69. The smallest absolute Gasteiger partial charge is 0.122 e. The molecule has 2 heterocycles. The second kappa shape index (κ2) is 3.98. The van der Waals surface area contributed by atoms with Crippen LogP contribution in [0.3, 0.4) is 0 Å². The first-order valence-electron chi connectivity index (χ1n) is 4.75. The van der Waals surface area contributed by atoms with Gasteiger partial charge in [0.1, 0.15) is 11.9 Å². The molecule has 1 fully saturated rings. The lowest BCUT2D eigenvalue weighted by Gasteiger charge is -2.23. The summed E-state index contributed by atoms with van der Waals surface area (Å²) in [5, 5.41) is 4.26. The van der Waals surface area contributed by atoms with Crippen molar-refractivity contribution in [2.75, 3.05) is 25.6 Å². The van der Waals surface area contributed by atoms with Gasteiger partial charge in [0.2, 0.25) is 0 Å². The number of rotatable bonds is 2. The molecule has 2 N–H and O–H groups in total. The first-order valence-corrected chi connectivity index (χ1v) is 4.75. The number of anilines is 1. The van der Waals surface area contributed by atoms with Crippen molar-refractivity contribution in [1.29, 1.82) is 0 Å². The van der Waals surface area contributed by atoms with Crippen molar-refractivity contribution in [1.82, 2.24) is 9.78 Å². The van der Waals surface area contributed by atoms with Gasteiger partial charge in [-0.3, -0.25) is 0 Å². The molecule has 1 atom stereocenters. The van der Waals surface area contributed by atoms with Gasteiger partial charge in [-0.2, -0.15) is 5.10 Å². The van der Waals surface area contributed by atoms with Gasteiger partial charge in [-0.05, 0) is 6.92 Å². The summed E-state index contributed by atoms with van der Waals surface area (Å²) in [4.78, 5) is 0. The van der Waals surface area contributed by atoms with Crippen LogP contribution in [0.2, 0.25) is 0 Å². The Labute approximate surface area is 82.8 Å². The van der Waals surface area contributed by atoms with Gasteiger partial charge in [-0.15, -0.1) is 0 Å². The van der Waals surface area contributed by atoms with Gasteiger partial charge in [-0.25, -0.2) is 4.68 Å². The van der Waals surface area contributed by atoms with Gasteiger partial charge in [0, 0.05) is 6.07 Å². The van der Waals surface area contributed by atoms with Crippen LogP contribution in [-0.4, -0.2) is 35.7 Å². The summed E-state index contributed by atoms with van der Waals surface area (Å²) in [6, 6.07) is 1.85. The van der Waals surface area contributed by atoms with Gasteiger partial charge >= 0.3 is 0 Å². The zero-order valence-corrected chi connectivity index (χ0v) is 8.27. The molecule has 1 aliphatic heterocycles. The first-order chi connectivity index (χ1) is 6.75. The van der Waals surface area contributed by atoms with Crippen molar-refractivity contribution in [3.05, 3.63) is 11.8 Å². The van der Waals surface area contributed by atoms with E-state index in [1.807, 2.05) is 13.0 Å². The second-order valence-electron chi connectivity index (χ2n) is 3.46. The summed E-state index contributed by atoms with van der Waals surface area (Å²) in [5.41, 5.74) is 6.69. The highest BCUT2D eigenvalue weighted by atomic mass is 16.6. The predicted octanol–water partition coefficient (Wildman–Crippen LogP) is 0.189. The van der Waals surface area contributed by atoms with E-state index in [4.69, 9.17) is 15.2 Å². The summed E-state index contributed by atoms with van der Waals surface area (Å²) in [6.45, 7) is 4.55. The molecule has 0 amide bonds. The maximum atomic E-state index is 5.76. The number of nitrogens with two attached hydrogens (primary N) is 1. The third-order valence-corrected chi connectivity index (χ3v) is 2.19. The number of hydrogen-bond acceptors (Lipinski definition) is 4. The quantitative estimate of drug-likeness (QED) is 0.735. The third kappa shape index (κ3) is 2.05. The Balaban J connectivity index is 1.98. The van der Waals surface area contributed by atoms with E-state index in [1.165, 1.54) is 0 Å². The molecule has 2 rings (SSSR count). The normalized spacial score (nSPS) is 22.5. The first kappa shape index (κ1) is 9.48. The highest BCUT2D eigenvalue weighted by molar-refractivity contribution is 5.30. The van der Waals surface area contributed by atoms with Crippen LogP contribution in [0.15, 0.2) is 6.07 Å². The molecule has 5 nitrogen and oxygen atoms in total. The van der Waals surface area contributed by atoms with E-state index in [1.54, 1.807) is 4.68 Å². The van der Waals surface area contributed by atoms with Crippen LogP contribution >= 0.6 is 0 Å². The molecule has 0 saturated carbocycles. The minimum Gasteiger partial charge on any atom is -0.384 e. The summed E-state index contributed by atoms with van der Waals surface area (Å²) in [6.07, 6.45) is 0.0744. The number of hydrogen-bond donors (Lipinski definition) is 1. The van der Waals surface area contributed by atoms with E-state index in [-0.39, 0.29) is 6.10 Å². The van der Waals surface area contributed by atoms with Crippen LogP contribution in [0.5, 0.6) is 0 Å². The molecule has 1 aliphatic rings. The molecule has 1 aromatic heterocycles. The molecule has 0 aliphatic carbocycles. The lowest BCUT2D eigenvalue weighted by atomic mass is 10.3. The van der Waals surface area contributed by atoms with Crippen LogP contribution < -0.4 is 5.73 Å².